The fraction of sp³-hybridized carbons (Fsp3) is 0.538. The van der Waals surface area contributed by atoms with Crippen molar-refractivity contribution in [2.45, 2.75) is 12.5 Å². The van der Waals surface area contributed by atoms with Crippen molar-refractivity contribution in [3.8, 4) is 0 Å². The lowest BCUT2D eigenvalue weighted by Crippen LogP contribution is -2.32. The van der Waals surface area contributed by atoms with Gasteiger partial charge in [0.25, 0.3) is 0 Å². The summed E-state index contributed by atoms with van der Waals surface area (Å²) in [6, 6.07) is 10.5. The molecule has 0 amide bonds. The topological polar surface area (TPSA) is 30.5 Å². The second kappa shape index (κ2) is 8.28. The smallest absolute Gasteiger partial charge is 0.0928 e. The Morgan fingerprint density at radius 1 is 1.19 bits per heavy atom. The number of hydrogen-bond donors (Lipinski definition) is 1. The van der Waals surface area contributed by atoms with E-state index in [1.165, 1.54) is 5.56 Å². The van der Waals surface area contributed by atoms with Gasteiger partial charge in [0, 0.05) is 20.8 Å². The minimum atomic E-state index is 0.140. The molecule has 3 nitrogen and oxygen atoms in total. The number of rotatable bonds is 8. The van der Waals surface area contributed by atoms with Gasteiger partial charge in [0.05, 0.1) is 12.7 Å². The normalized spacial score (nSPS) is 12.6. The zero-order valence-electron chi connectivity index (χ0n) is 10.1. The minimum Gasteiger partial charge on any atom is -0.382 e. The maximum Gasteiger partial charge on any atom is 0.0928 e. The fourth-order valence-corrected chi connectivity index (χ4v) is 1.54. The second-order valence-electron chi connectivity index (χ2n) is 3.75. The second-order valence-corrected chi connectivity index (χ2v) is 3.75. The first-order valence-electron chi connectivity index (χ1n) is 5.63. The summed E-state index contributed by atoms with van der Waals surface area (Å²) in [5.74, 6) is 0. The third kappa shape index (κ3) is 5.26. The molecule has 1 unspecified atom stereocenters. The molecule has 0 aliphatic heterocycles. The van der Waals surface area contributed by atoms with E-state index in [-0.39, 0.29) is 6.10 Å². The van der Waals surface area contributed by atoms with Gasteiger partial charge < -0.3 is 14.8 Å². The van der Waals surface area contributed by atoms with E-state index in [1.807, 2.05) is 6.07 Å². The number of nitrogens with one attached hydrogen (secondary N) is 1. The Morgan fingerprint density at radius 3 is 2.56 bits per heavy atom. The van der Waals surface area contributed by atoms with Gasteiger partial charge in [-0.3, -0.25) is 0 Å². The highest BCUT2D eigenvalue weighted by molar-refractivity contribution is 5.14. The number of hydrogen-bond acceptors (Lipinski definition) is 3. The van der Waals surface area contributed by atoms with Crippen molar-refractivity contribution in [2.75, 3.05) is 33.9 Å². The summed E-state index contributed by atoms with van der Waals surface area (Å²) in [5, 5.41) is 3.36. The summed E-state index contributed by atoms with van der Waals surface area (Å²) in [6.07, 6.45) is 1.19. The van der Waals surface area contributed by atoms with Gasteiger partial charge in [-0.1, -0.05) is 30.3 Å². The first-order chi connectivity index (χ1) is 7.86. The van der Waals surface area contributed by atoms with E-state index in [1.54, 1.807) is 14.2 Å². The maximum absolute atomic E-state index is 5.26. The fourth-order valence-electron chi connectivity index (χ4n) is 1.54. The summed E-state index contributed by atoms with van der Waals surface area (Å²) in [4.78, 5) is 0. The molecular weight excluding hydrogens is 202 g/mol. The molecule has 0 bridgehead atoms. The van der Waals surface area contributed by atoms with Crippen molar-refractivity contribution in [3.05, 3.63) is 35.9 Å². The van der Waals surface area contributed by atoms with Crippen LogP contribution < -0.4 is 5.32 Å². The molecule has 0 saturated carbocycles. The van der Waals surface area contributed by atoms with E-state index >= 15 is 0 Å². The van der Waals surface area contributed by atoms with Crippen LogP contribution in [0, 0.1) is 0 Å². The molecule has 0 heterocycles. The highest BCUT2D eigenvalue weighted by Crippen LogP contribution is 1.98. The molecule has 16 heavy (non-hydrogen) atoms. The van der Waals surface area contributed by atoms with Crippen LogP contribution in [0.4, 0.5) is 0 Å². The Bertz CT molecular complexity index is 264. The van der Waals surface area contributed by atoms with E-state index in [2.05, 4.69) is 29.6 Å². The summed E-state index contributed by atoms with van der Waals surface area (Å²) in [6.45, 7) is 2.43. The van der Waals surface area contributed by atoms with Crippen molar-refractivity contribution >= 4 is 0 Å². The van der Waals surface area contributed by atoms with Crippen LogP contribution in [0.25, 0.3) is 0 Å². The van der Waals surface area contributed by atoms with Gasteiger partial charge >= 0.3 is 0 Å². The summed E-state index contributed by atoms with van der Waals surface area (Å²) in [5.41, 5.74) is 1.36. The monoisotopic (exact) mass is 223 g/mol. The molecule has 0 fully saturated rings. The number of ether oxygens (including phenoxy) is 2. The standard InChI is InChI=1S/C13H21NO2/c1-15-11-13(16-2)10-14-9-8-12-6-4-3-5-7-12/h3-7,13-14H,8-11H2,1-2H3. The Morgan fingerprint density at radius 2 is 1.94 bits per heavy atom. The summed E-state index contributed by atoms with van der Waals surface area (Å²) < 4.78 is 10.3. The van der Waals surface area contributed by atoms with Gasteiger partial charge in [-0.05, 0) is 18.5 Å². The van der Waals surface area contributed by atoms with Crippen LogP contribution in [-0.2, 0) is 15.9 Å². The number of methoxy groups -OCH3 is 2. The van der Waals surface area contributed by atoms with Gasteiger partial charge in [-0.25, -0.2) is 0 Å². The van der Waals surface area contributed by atoms with Crippen LogP contribution in [0.1, 0.15) is 5.56 Å². The highest BCUT2D eigenvalue weighted by atomic mass is 16.5. The SMILES string of the molecule is COCC(CNCCc1ccccc1)OC. The number of benzene rings is 1. The van der Waals surface area contributed by atoms with Crippen LogP contribution in [0.3, 0.4) is 0 Å². The molecule has 0 aliphatic carbocycles. The van der Waals surface area contributed by atoms with E-state index in [0.29, 0.717) is 6.61 Å². The van der Waals surface area contributed by atoms with Crippen LogP contribution in [0.5, 0.6) is 0 Å². The molecule has 1 aromatic rings. The molecule has 1 N–H and O–H groups in total. The zero-order chi connectivity index (χ0) is 11.6. The molecule has 0 radical (unpaired) electrons. The maximum atomic E-state index is 5.26. The Hall–Kier alpha value is -0.900. The van der Waals surface area contributed by atoms with E-state index in [4.69, 9.17) is 9.47 Å². The van der Waals surface area contributed by atoms with Crippen LogP contribution >= 0.6 is 0 Å². The molecule has 0 saturated heterocycles. The van der Waals surface area contributed by atoms with Gasteiger partial charge in [0.2, 0.25) is 0 Å². The quantitative estimate of drug-likeness (QED) is 0.677. The average molecular weight is 223 g/mol. The summed E-state index contributed by atoms with van der Waals surface area (Å²) >= 11 is 0. The zero-order valence-corrected chi connectivity index (χ0v) is 10.1. The predicted molar refractivity (Wildman–Crippen MR) is 65.7 cm³/mol. The molecule has 1 aromatic carbocycles. The molecule has 0 aromatic heterocycles. The van der Waals surface area contributed by atoms with Crippen molar-refractivity contribution in [3.63, 3.8) is 0 Å². The van der Waals surface area contributed by atoms with E-state index in [0.717, 1.165) is 19.5 Å². The van der Waals surface area contributed by atoms with E-state index in [9.17, 15) is 0 Å². The molecule has 0 aliphatic rings. The van der Waals surface area contributed by atoms with Crippen LogP contribution in [-0.4, -0.2) is 40.0 Å². The Labute approximate surface area is 97.8 Å². The lowest BCUT2D eigenvalue weighted by Gasteiger charge is -2.14. The van der Waals surface area contributed by atoms with E-state index < -0.39 is 0 Å². The Balaban J connectivity index is 2.11. The van der Waals surface area contributed by atoms with Crippen molar-refractivity contribution in [1.82, 2.24) is 5.32 Å². The average Bonchev–Trinajstić information content (AvgIpc) is 2.34. The lowest BCUT2D eigenvalue weighted by molar-refractivity contribution is 0.0291. The molecular formula is C13H21NO2. The van der Waals surface area contributed by atoms with Crippen molar-refractivity contribution < 1.29 is 9.47 Å². The molecule has 1 atom stereocenters. The van der Waals surface area contributed by atoms with Crippen LogP contribution in [0.15, 0.2) is 30.3 Å². The van der Waals surface area contributed by atoms with Crippen LogP contribution in [0.2, 0.25) is 0 Å². The Kier molecular flexibility index (Phi) is 6.81. The molecule has 1 rings (SSSR count). The highest BCUT2D eigenvalue weighted by Gasteiger charge is 2.04. The van der Waals surface area contributed by atoms with Gasteiger partial charge in [0.1, 0.15) is 0 Å². The third-order valence-corrected chi connectivity index (χ3v) is 2.49. The van der Waals surface area contributed by atoms with Crippen molar-refractivity contribution in [1.29, 1.82) is 0 Å². The van der Waals surface area contributed by atoms with Gasteiger partial charge in [0.15, 0.2) is 0 Å². The lowest BCUT2D eigenvalue weighted by atomic mass is 10.1. The molecule has 0 spiro atoms. The largest absolute Gasteiger partial charge is 0.382 e. The molecule has 90 valence electrons. The molecule has 3 heteroatoms. The van der Waals surface area contributed by atoms with Gasteiger partial charge in [-0.2, -0.15) is 0 Å². The first-order valence-corrected chi connectivity index (χ1v) is 5.63. The predicted octanol–water partition coefficient (Wildman–Crippen LogP) is 1.48. The summed E-state index contributed by atoms with van der Waals surface area (Å²) in [7, 11) is 3.40. The minimum absolute atomic E-state index is 0.140. The first kappa shape index (κ1) is 13.2. The third-order valence-electron chi connectivity index (χ3n) is 2.49. The van der Waals surface area contributed by atoms with Crippen molar-refractivity contribution in [2.24, 2.45) is 0 Å². The van der Waals surface area contributed by atoms with Gasteiger partial charge in [-0.15, -0.1) is 0 Å².